The van der Waals surface area contributed by atoms with E-state index in [0.717, 1.165) is 16.7 Å². The molecule has 27 heavy (non-hydrogen) atoms. The summed E-state index contributed by atoms with van der Waals surface area (Å²) in [6.07, 6.45) is 0.629. The highest BCUT2D eigenvalue weighted by Crippen LogP contribution is 2.09. The fourth-order valence-corrected chi connectivity index (χ4v) is 2.92. The third-order valence-corrected chi connectivity index (χ3v) is 4.88. The van der Waals surface area contributed by atoms with Gasteiger partial charge in [-0.2, -0.15) is 0 Å². The van der Waals surface area contributed by atoms with Crippen LogP contribution in [0.5, 0.6) is 0 Å². The van der Waals surface area contributed by atoms with Crippen LogP contribution in [0.4, 0.5) is 0 Å². The quantitative estimate of drug-likeness (QED) is 0.655. The van der Waals surface area contributed by atoms with Crippen molar-refractivity contribution in [3.05, 3.63) is 65.2 Å². The monoisotopic (exact) mass is 390 g/mol. The minimum atomic E-state index is -3.71. The number of nitrogens with one attached hydrogen (secondary N) is 1. The summed E-state index contributed by atoms with van der Waals surface area (Å²) in [6.45, 7) is 1.91. The molecule has 0 saturated heterocycles. The number of esters is 1. The number of carbonyl (C=O) groups is 2. The lowest BCUT2D eigenvalue weighted by molar-refractivity contribution is -0.147. The molecule has 0 saturated carbocycles. The highest BCUT2D eigenvalue weighted by molar-refractivity contribution is 7.89. The number of hydrogen-bond acceptors (Lipinski definition) is 5. The molecule has 144 valence electrons. The summed E-state index contributed by atoms with van der Waals surface area (Å²) in [5.41, 5.74) is 2.71. The number of carbonyl (C=O) groups excluding carboxylic acids is 2. The number of primary sulfonamides is 1. The van der Waals surface area contributed by atoms with Crippen molar-refractivity contribution in [2.75, 3.05) is 13.2 Å². The highest BCUT2D eigenvalue weighted by atomic mass is 32.2. The molecule has 0 heterocycles. The Morgan fingerprint density at radius 3 is 2.37 bits per heavy atom. The van der Waals surface area contributed by atoms with Crippen molar-refractivity contribution in [2.45, 2.75) is 24.7 Å². The number of hydrogen-bond donors (Lipinski definition) is 2. The van der Waals surface area contributed by atoms with E-state index in [9.17, 15) is 18.0 Å². The molecule has 0 radical (unpaired) electrons. The summed E-state index contributed by atoms with van der Waals surface area (Å²) >= 11 is 0. The first-order valence-corrected chi connectivity index (χ1v) is 9.89. The number of sulfonamides is 1. The zero-order chi connectivity index (χ0) is 19.9. The van der Waals surface area contributed by atoms with E-state index in [2.05, 4.69) is 5.32 Å². The Bertz CT molecular complexity index is 908. The first-order valence-electron chi connectivity index (χ1n) is 8.34. The van der Waals surface area contributed by atoms with Crippen LogP contribution in [0.2, 0.25) is 0 Å². The zero-order valence-electron chi connectivity index (χ0n) is 15.0. The molecule has 0 aromatic heterocycles. The van der Waals surface area contributed by atoms with E-state index in [1.54, 1.807) is 12.1 Å². The Morgan fingerprint density at radius 2 is 1.74 bits per heavy atom. The Kier molecular flexibility index (Phi) is 7.09. The Hall–Kier alpha value is -2.71. The normalized spacial score (nSPS) is 11.0. The lowest BCUT2D eigenvalue weighted by Gasteiger charge is -2.08. The summed E-state index contributed by atoms with van der Waals surface area (Å²) in [5, 5.41) is 7.68. The second-order valence-corrected chi connectivity index (χ2v) is 7.61. The summed E-state index contributed by atoms with van der Waals surface area (Å²) in [4.78, 5) is 23.6. The van der Waals surface area contributed by atoms with Crippen LogP contribution >= 0.6 is 0 Å². The van der Waals surface area contributed by atoms with Crippen molar-refractivity contribution in [3.63, 3.8) is 0 Å². The average Bonchev–Trinajstić information content (AvgIpc) is 2.62. The molecule has 0 aliphatic heterocycles. The van der Waals surface area contributed by atoms with Crippen molar-refractivity contribution in [2.24, 2.45) is 5.14 Å². The lowest BCUT2D eigenvalue weighted by Crippen LogP contribution is -2.30. The smallest absolute Gasteiger partial charge is 0.310 e. The zero-order valence-corrected chi connectivity index (χ0v) is 15.8. The fourth-order valence-electron chi connectivity index (χ4n) is 2.40. The van der Waals surface area contributed by atoms with E-state index >= 15 is 0 Å². The van der Waals surface area contributed by atoms with E-state index in [0.29, 0.717) is 13.0 Å². The van der Waals surface area contributed by atoms with Gasteiger partial charge in [0.15, 0.2) is 6.61 Å². The molecule has 7 nitrogen and oxygen atoms in total. The van der Waals surface area contributed by atoms with Gasteiger partial charge in [0.25, 0.3) is 5.91 Å². The van der Waals surface area contributed by atoms with Gasteiger partial charge in [0.2, 0.25) is 10.0 Å². The summed E-state index contributed by atoms with van der Waals surface area (Å²) in [5.74, 6) is -0.854. The van der Waals surface area contributed by atoms with Crippen molar-refractivity contribution < 1.29 is 22.7 Å². The van der Waals surface area contributed by atoms with Gasteiger partial charge in [-0.25, -0.2) is 13.6 Å². The predicted molar refractivity (Wildman–Crippen MR) is 100 cm³/mol. The van der Waals surface area contributed by atoms with E-state index in [1.807, 2.05) is 31.2 Å². The molecule has 0 aliphatic rings. The lowest BCUT2D eigenvalue weighted by atomic mass is 10.1. The number of amides is 1. The van der Waals surface area contributed by atoms with Crippen LogP contribution in [-0.2, 0) is 37.2 Å². The van der Waals surface area contributed by atoms with Gasteiger partial charge >= 0.3 is 5.97 Å². The van der Waals surface area contributed by atoms with Crippen molar-refractivity contribution >= 4 is 21.9 Å². The number of rotatable bonds is 8. The van der Waals surface area contributed by atoms with Gasteiger partial charge in [-0.3, -0.25) is 9.59 Å². The SMILES string of the molecule is Cc1ccccc1CC(=O)OCC(=O)NCCc1ccc(S(N)(=O)=O)cc1. The van der Waals surface area contributed by atoms with Crippen molar-refractivity contribution in [1.29, 1.82) is 0 Å². The molecule has 0 unspecified atom stereocenters. The van der Waals surface area contributed by atoms with E-state index < -0.39 is 21.9 Å². The molecule has 0 bridgehead atoms. The maximum Gasteiger partial charge on any atom is 0.310 e. The van der Waals surface area contributed by atoms with Crippen LogP contribution in [0.15, 0.2) is 53.4 Å². The number of benzene rings is 2. The Morgan fingerprint density at radius 1 is 1.07 bits per heavy atom. The summed E-state index contributed by atoms with van der Waals surface area (Å²) in [7, 11) is -3.71. The second-order valence-electron chi connectivity index (χ2n) is 6.05. The standard InChI is InChI=1S/C19H22N2O5S/c1-14-4-2-3-5-16(14)12-19(23)26-13-18(22)21-11-10-15-6-8-17(9-7-15)27(20,24)25/h2-9H,10-13H2,1H3,(H,21,22)(H2,20,24,25). The number of ether oxygens (including phenoxy) is 1. The van der Waals surface area contributed by atoms with Crippen molar-refractivity contribution in [3.8, 4) is 0 Å². The third kappa shape index (κ3) is 6.84. The summed E-state index contributed by atoms with van der Waals surface area (Å²) in [6, 6.07) is 13.6. The van der Waals surface area contributed by atoms with E-state index in [-0.39, 0.29) is 17.9 Å². The van der Waals surface area contributed by atoms with Gasteiger partial charge in [-0.05, 0) is 42.2 Å². The van der Waals surface area contributed by atoms with Gasteiger partial charge in [0.05, 0.1) is 11.3 Å². The molecular formula is C19H22N2O5S. The van der Waals surface area contributed by atoms with Gasteiger partial charge in [0.1, 0.15) is 0 Å². The maximum absolute atomic E-state index is 11.8. The molecule has 3 N–H and O–H groups in total. The van der Waals surface area contributed by atoms with E-state index in [4.69, 9.17) is 9.88 Å². The average molecular weight is 390 g/mol. The summed E-state index contributed by atoms with van der Waals surface area (Å²) < 4.78 is 27.4. The highest BCUT2D eigenvalue weighted by Gasteiger charge is 2.10. The minimum absolute atomic E-state index is 0.0378. The molecule has 8 heteroatoms. The maximum atomic E-state index is 11.8. The molecule has 0 aliphatic carbocycles. The van der Waals surface area contributed by atoms with Gasteiger partial charge in [-0.15, -0.1) is 0 Å². The van der Waals surface area contributed by atoms with Gasteiger partial charge < -0.3 is 10.1 Å². The molecule has 2 aromatic carbocycles. The van der Waals surface area contributed by atoms with Crippen LogP contribution in [0.1, 0.15) is 16.7 Å². The second kappa shape index (κ2) is 9.29. The predicted octanol–water partition coefficient (Wildman–Crippen LogP) is 1.09. The minimum Gasteiger partial charge on any atom is -0.455 e. The van der Waals surface area contributed by atoms with E-state index in [1.165, 1.54) is 12.1 Å². The fraction of sp³-hybridized carbons (Fsp3) is 0.263. The van der Waals surface area contributed by atoms with Crippen molar-refractivity contribution in [1.82, 2.24) is 5.32 Å². The molecule has 0 atom stereocenters. The molecule has 2 aromatic rings. The molecule has 1 amide bonds. The van der Waals surface area contributed by atoms with Crippen LogP contribution in [0, 0.1) is 6.92 Å². The molecular weight excluding hydrogens is 368 g/mol. The molecule has 2 rings (SSSR count). The molecule has 0 fully saturated rings. The molecule has 0 spiro atoms. The van der Waals surface area contributed by atoms with Crippen LogP contribution in [-0.4, -0.2) is 33.4 Å². The topological polar surface area (TPSA) is 116 Å². The van der Waals surface area contributed by atoms with Crippen LogP contribution in [0.3, 0.4) is 0 Å². The largest absolute Gasteiger partial charge is 0.455 e. The third-order valence-electron chi connectivity index (χ3n) is 3.95. The Labute approximate surface area is 158 Å². The Balaban J connectivity index is 1.70. The first-order chi connectivity index (χ1) is 12.8. The number of aryl methyl sites for hydroxylation is 1. The van der Waals surface area contributed by atoms with Crippen LogP contribution < -0.4 is 10.5 Å². The van der Waals surface area contributed by atoms with Crippen LogP contribution in [0.25, 0.3) is 0 Å². The first kappa shape index (κ1) is 20.6. The van der Waals surface area contributed by atoms with Gasteiger partial charge in [0, 0.05) is 6.54 Å². The number of nitrogens with two attached hydrogens (primary N) is 1. The van der Waals surface area contributed by atoms with Gasteiger partial charge in [-0.1, -0.05) is 36.4 Å².